The third-order valence-corrected chi connectivity index (χ3v) is 11.7. The summed E-state index contributed by atoms with van der Waals surface area (Å²) in [5.41, 5.74) is 0. The molecule has 0 aliphatic heterocycles. The maximum Gasteiger partial charge on any atom is 0.460 e. The van der Waals surface area contributed by atoms with Crippen LogP contribution >= 0.6 is 10.3 Å². The van der Waals surface area contributed by atoms with Crippen molar-refractivity contribution in [1.29, 1.82) is 0 Å². The van der Waals surface area contributed by atoms with Crippen LogP contribution in [0.4, 0.5) is 79.0 Å². The minimum Gasteiger partial charge on any atom is -0.207 e. The van der Waals surface area contributed by atoms with Gasteiger partial charge in [0.2, 0.25) is 0 Å². The van der Waals surface area contributed by atoms with E-state index in [0.29, 0.717) is 24.3 Å². The lowest BCUT2D eigenvalue weighted by molar-refractivity contribution is -0.458. The number of rotatable bonds is 12. The predicted octanol–water partition coefficient (Wildman–Crippen LogP) is 10.3. The first-order valence-electron chi connectivity index (χ1n) is 12.3. The molecule has 0 saturated carbocycles. The van der Waals surface area contributed by atoms with Gasteiger partial charge in [-0.1, -0.05) is 36.4 Å². The van der Waals surface area contributed by atoms with Gasteiger partial charge in [0.1, 0.15) is 5.82 Å². The smallest absolute Gasteiger partial charge is 0.207 e. The van der Waals surface area contributed by atoms with E-state index in [9.17, 15) is 78.7 Å². The Balaban J connectivity index is 2.30. The monoisotopic (exact) mass is 780 g/mol. The van der Waals surface area contributed by atoms with Crippen LogP contribution < -0.4 is 0 Å². The highest BCUT2D eigenvalue weighted by molar-refractivity contribution is 8.33. The molecule has 274 valence electrons. The van der Waals surface area contributed by atoms with Crippen molar-refractivity contribution in [2.45, 2.75) is 61.7 Å². The minimum atomic E-state index is -9.00. The van der Waals surface area contributed by atoms with Gasteiger partial charge in [-0.15, -0.1) is 0 Å². The van der Waals surface area contributed by atoms with Gasteiger partial charge in [-0.2, -0.15) is 83.1 Å². The summed E-state index contributed by atoms with van der Waals surface area (Å²) in [5, 5.41) is -7.92. The van der Waals surface area contributed by atoms with Crippen LogP contribution in [0.15, 0.2) is 99.6 Å². The highest BCUT2D eigenvalue weighted by Crippen LogP contribution is 2.72. The second-order valence-electron chi connectivity index (χ2n) is 9.62. The van der Waals surface area contributed by atoms with Crippen LogP contribution in [0.25, 0.3) is 0 Å². The molecule has 0 aliphatic rings. The molecular weight excluding hydrogens is 766 g/mol. The van der Waals surface area contributed by atoms with E-state index in [2.05, 4.69) is 3.63 Å². The zero-order valence-electron chi connectivity index (χ0n) is 22.9. The molecule has 0 aliphatic carbocycles. The fourth-order valence-corrected chi connectivity index (χ4v) is 9.08. The van der Waals surface area contributed by atoms with E-state index in [0.717, 1.165) is 48.5 Å². The molecule has 3 rings (SSSR count). The number of hydrogen-bond donors (Lipinski definition) is 0. The molecule has 0 bridgehead atoms. The highest BCUT2D eigenvalue weighted by Gasteiger charge is 2.96. The fourth-order valence-electron chi connectivity index (χ4n) is 3.86. The van der Waals surface area contributed by atoms with E-state index < -0.39 is 87.9 Å². The summed E-state index contributed by atoms with van der Waals surface area (Å²) >= 11 is 0. The molecule has 0 amide bonds. The van der Waals surface area contributed by atoms with Crippen molar-refractivity contribution in [2.24, 2.45) is 0 Å². The lowest BCUT2D eigenvalue weighted by Crippen LogP contribution is -2.75. The highest BCUT2D eigenvalue weighted by atomic mass is 32.3. The maximum atomic E-state index is 15.2. The van der Waals surface area contributed by atoms with Crippen molar-refractivity contribution in [3.8, 4) is 0 Å². The summed E-state index contributed by atoms with van der Waals surface area (Å²) in [6.45, 7) is 0. The SMILES string of the molecule is O=S(=O)(OS(c1ccccc1)(c1ccccc1)c1ccc(F)cc1)C(F)(F)C(F)(F)C(F)(F)C(F)(F)C(F)(F)C(F)(F)C(F)(F)C(F)(F)F. The average molecular weight is 780 g/mol. The van der Waals surface area contributed by atoms with E-state index in [4.69, 9.17) is 0 Å². The molecule has 0 N–H and O–H groups in total. The second-order valence-corrected chi connectivity index (χ2v) is 14.1. The Morgan fingerprint density at radius 1 is 0.408 bits per heavy atom. The van der Waals surface area contributed by atoms with Crippen molar-refractivity contribution in [1.82, 2.24) is 0 Å². The van der Waals surface area contributed by atoms with Crippen LogP contribution in [0.5, 0.6) is 0 Å². The van der Waals surface area contributed by atoms with Gasteiger partial charge in [0, 0.05) is 14.7 Å². The Labute approximate surface area is 264 Å². The van der Waals surface area contributed by atoms with Crippen molar-refractivity contribution < 1.29 is 91.1 Å². The molecule has 0 heterocycles. The van der Waals surface area contributed by atoms with Gasteiger partial charge >= 0.3 is 57.1 Å². The molecule has 0 radical (unpaired) electrons. The maximum absolute atomic E-state index is 15.2. The number of halogens is 18. The van der Waals surface area contributed by atoms with E-state index in [1.54, 1.807) is 0 Å². The van der Waals surface area contributed by atoms with Crippen molar-refractivity contribution in [3.63, 3.8) is 0 Å². The van der Waals surface area contributed by atoms with Crippen LogP contribution in [0.3, 0.4) is 0 Å². The number of hydrogen-bond acceptors (Lipinski definition) is 3. The molecule has 3 aromatic carbocycles. The molecular formula is C26H14F18O3S2. The first kappa shape index (κ1) is 40.1. The van der Waals surface area contributed by atoms with Crippen LogP contribution in [0.1, 0.15) is 0 Å². The number of benzene rings is 3. The summed E-state index contributed by atoms with van der Waals surface area (Å²) < 4.78 is 280. The minimum absolute atomic E-state index is 0.527. The molecule has 3 nitrogen and oxygen atoms in total. The molecule has 23 heteroatoms. The summed E-state index contributed by atoms with van der Waals surface area (Å²) in [4.78, 5) is -1.92. The van der Waals surface area contributed by atoms with Crippen LogP contribution in [0.2, 0.25) is 0 Å². The Kier molecular flexibility index (Phi) is 9.95. The van der Waals surface area contributed by atoms with Gasteiger partial charge in [-0.25, -0.2) is 8.02 Å². The zero-order chi connectivity index (χ0) is 37.9. The third-order valence-electron chi connectivity index (χ3n) is 6.49. The quantitative estimate of drug-likeness (QED) is 0.172. The van der Waals surface area contributed by atoms with E-state index in [-0.39, 0.29) is 0 Å². The summed E-state index contributed by atoms with van der Waals surface area (Å²) in [5.74, 6) is -53.7. The summed E-state index contributed by atoms with van der Waals surface area (Å²) in [7, 11) is -12.6. The summed E-state index contributed by atoms with van der Waals surface area (Å²) in [6.07, 6.45) is -7.95. The lowest BCUT2D eigenvalue weighted by Gasteiger charge is -2.43. The van der Waals surface area contributed by atoms with Gasteiger partial charge < -0.3 is 0 Å². The van der Waals surface area contributed by atoms with Crippen molar-refractivity contribution >= 4 is 20.4 Å². The van der Waals surface area contributed by atoms with Gasteiger partial charge in [0.15, 0.2) is 0 Å². The largest absolute Gasteiger partial charge is 0.460 e. The molecule has 0 atom stereocenters. The van der Waals surface area contributed by atoms with Crippen molar-refractivity contribution in [2.75, 3.05) is 0 Å². The topological polar surface area (TPSA) is 43.4 Å². The Bertz CT molecular complexity index is 1690. The lowest BCUT2D eigenvalue weighted by atomic mass is 9.91. The van der Waals surface area contributed by atoms with Crippen molar-refractivity contribution in [3.05, 3.63) is 90.7 Å². The third kappa shape index (κ3) is 5.77. The molecule has 0 fully saturated rings. The molecule has 49 heavy (non-hydrogen) atoms. The van der Waals surface area contributed by atoms with E-state index in [1.165, 1.54) is 12.1 Å². The van der Waals surface area contributed by atoms with E-state index >= 15 is 8.78 Å². The van der Waals surface area contributed by atoms with E-state index in [1.807, 2.05) is 0 Å². The Morgan fingerprint density at radius 2 is 0.714 bits per heavy atom. The first-order chi connectivity index (χ1) is 21.9. The normalized spacial score (nSPS) is 15.3. The zero-order valence-corrected chi connectivity index (χ0v) is 24.6. The standard InChI is InChI=1S/C26H14F18O3S2/c27-15-11-13-18(14-12-15)48(16-7-3-1-4-8-16,17-9-5-2-6-10-17)47-49(45,46)26(43,44)24(38,39)22(34,35)20(30,31)19(28,29)21(32,33)23(36,37)25(40,41)42/h1-14H. The average Bonchev–Trinajstić information content (AvgIpc) is 3.00. The Hall–Kier alpha value is -3.34. The second kappa shape index (κ2) is 12.2. The van der Waals surface area contributed by atoms with Gasteiger partial charge in [-0.3, -0.25) is 0 Å². The van der Waals surface area contributed by atoms with Gasteiger partial charge in [0.05, 0.1) is 0 Å². The molecule has 3 aromatic rings. The molecule has 0 aromatic heterocycles. The fraction of sp³-hybridized carbons (Fsp3) is 0.308. The molecule has 0 unspecified atom stereocenters. The molecule has 0 spiro atoms. The summed E-state index contributed by atoms with van der Waals surface area (Å²) in [6, 6.07) is 12.3. The molecule has 0 saturated heterocycles. The van der Waals surface area contributed by atoms with Crippen LogP contribution in [-0.4, -0.2) is 55.4 Å². The van der Waals surface area contributed by atoms with Crippen LogP contribution in [-0.2, 0) is 13.7 Å². The van der Waals surface area contributed by atoms with Gasteiger partial charge in [0.25, 0.3) is 0 Å². The van der Waals surface area contributed by atoms with Crippen LogP contribution in [0, 0.1) is 5.82 Å². The Morgan fingerprint density at radius 3 is 1.06 bits per heavy atom. The van der Waals surface area contributed by atoms with Gasteiger partial charge in [-0.05, 0) is 58.8 Å². The number of alkyl halides is 17. The first-order valence-corrected chi connectivity index (χ1v) is 15.2. The predicted molar refractivity (Wildman–Crippen MR) is 132 cm³/mol.